The first-order valence-corrected chi connectivity index (χ1v) is 5.45. The molecule has 0 amide bonds. The summed E-state index contributed by atoms with van der Waals surface area (Å²) in [6.45, 7) is 3.19. The molecule has 2 aliphatic rings. The molecule has 0 saturated heterocycles. The minimum Gasteiger partial charge on any atom is -0.360 e. The Morgan fingerprint density at radius 3 is 3.00 bits per heavy atom. The molecule has 2 fully saturated rings. The van der Waals surface area contributed by atoms with Gasteiger partial charge in [-0.25, -0.2) is 0 Å². The fourth-order valence-corrected chi connectivity index (χ4v) is 1.84. The molecule has 1 N–H and O–H groups in total. The molecule has 0 bridgehead atoms. The van der Waals surface area contributed by atoms with Crippen molar-refractivity contribution < 1.29 is 4.52 Å². The molecule has 3 nitrogen and oxygen atoms in total. The SMILES string of the molecule is CC1(c2oncc2CNC2CC2)CC1. The van der Waals surface area contributed by atoms with Crippen LogP contribution in [0.15, 0.2) is 10.7 Å². The van der Waals surface area contributed by atoms with E-state index in [4.69, 9.17) is 4.52 Å². The third kappa shape index (κ3) is 1.46. The zero-order chi connectivity index (χ0) is 9.60. The molecule has 76 valence electrons. The Bertz CT molecular complexity index is 337. The van der Waals surface area contributed by atoms with Crippen LogP contribution in [-0.4, -0.2) is 11.2 Å². The van der Waals surface area contributed by atoms with Crippen LogP contribution in [0.25, 0.3) is 0 Å². The molecule has 0 unspecified atom stereocenters. The molecule has 0 aliphatic heterocycles. The van der Waals surface area contributed by atoms with Crippen molar-refractivity contribution in [3.8, 4) is 0 Å². The van der Waals surface area contributed by atoms with Crippen molar-refractivity contribution in [3.05, 3.63) is 17.5 Å². The van der Waals surface area contributed by atoms with E-state index < -0.39 is 0 Å². The van der Waals surface area contributed by atoms with Gasteiger partial charge in [0, 0.05) is 23.6 Å². The summed E-state index contributed by atoms with van der Waals surface area (Å²) in [7, 11) is 0. The molecule has 3 rings (SSSR count). The first-order chi connectivity index (χ1) is 6.78. The number of rotatable bonds is 4. The third-order valence-corrected chi connectivity index (χ3v) is 3.35. The van der Waals surface area contributed by atoms with Crippen molar-refractivity contribution in [2.45, 2.75) is 50.6 Å². The summed E-state index contributed by atoms with van der Waals surface area (Å²) in [6.07, 6.45) is 7.03. The highest BCUT2D eigenvalue weighted by Crippen LogP contribution is 2.48. The van der Waals surface area contributed by atoms with Gasteiger partial charge in [0.15, 0.2) is 0 Å². The minimum absolute atomic E-state index is 0.303. The fourth-order valence-electron chi connectivity index (χ4n) is 1.84. The van der Waals surface area contributed by atoms with Crippen LogP contribution >= 0.6 is 0 Å². The summed E-state index contributed by atoms with van der Waals surface area (Å²) >= 11 is 0. The molecule has 0 radical (unpaired) electrons. The van der Waals surface area contributed by atoms with E-state index in [0.717, 1.165) is 18.3 Å². The highest BCUT2D eigenvalue weighted by molar-refractivity contribution is 5.27. The molecular weight excluding hydrogens is 176 g/mol. The average molecular weight is 192 g/mol. The van der Waals surface area contributed by atoms with Gasteiger partial charge in [-0.2, -0.15) is 0 Å². The summed E-state index contributed by atoms with van der Waals surface area (Å²) in [5, 5.41) is 7.41. The number of nitrogens with one attached hydrogen (secondary N) is 1. The highest BCUT2D eigenvalue weighted by atomic mass is 16.5. The van der Waals surface area contributed by atoms with Crippen LogP contribution in [0.1, 0.15) is 43.9 Å². The van der Waals surface area contributed by atoms with E-state index in [0.29, 0.717) is 5.41 Å². The summed E-state index contributed by atoms with van der Waals surface area (Å²) in [5.41, 5.74) is 1.56. The van der Waals surface area contributed by atoms with E-state index in [1.165, 1.54) is 31.2 Å². The predicted octanol–water partition coefficient (Wildman–Crippen LogP) is 1.98. The van der Waals surface area contributed by atoms with Gasteiger partial charge in [-0.1, -0.05) is 12.1 Å². The van der Waals surface area contributed by atoms with Crippen LogP contribution in [0.3, 0.4) is 0 Å². The summed E-state index contributed by atoms with van der Waals surface area (Å²) < 4.78 is 5.35. The standard InChI is InChI=1S/C11H16N2O/c1-11(4-5-11)10-8(7-13-14-10)6-12-9-2-3-9/h7,9,12H,2-6H2,1H3. The molecule has 0 atom stereocenters. The Balaban J connectivity index is 1.72. The second kappa shape index (κ2) is 2.83. The van der Waals surface area contributed by atoms with Gasteiger partial charge in [-0.15, -0.1) is 0 Å². The topological polar surface area (TPSA) is 38.1 Å². The van der Waals surface area contributed by atoms with E-state index in [9.17, 15) is 0 Å². The van der Waals surface area contributed by atoms with Crippen LogP contribution in [0.4, 0.5) is 0 Å². The van der Waals surface area contributed by atoms with Gasteiger partial charge in [0.2, 0.25) is 0 Å². The third-order valence-electron chi connectivity index (χ3n) is 3.35. The summed E-state index contributed by atoms with van der Waals surface area (Å²) in [5.74, 6) is 1.12. The van der Waals surface area contributed by atoms with Gasteiger partial charge in [0.05, 0.1) is 6.20 Å². The first-order valence-electron chi connectivity index (χ1n) is 5.45. The van der Waals surface area contributed by atoms with Crippen LogP contribution < -0.4 is 5.32 Å². The molecular formula is C11H16N2O. The first kappa shape index (κ1) is 8.48. The zero-order valence-corrected chi connectivity index (χ0v) is 8.55. The molecule has 14 heavy (non-hydrogen) atoms. The maximum atomic E-state index is 5.35. The monoisotopic (exact) mass is 192 g/mol. The van der Waals surface area contributed by atoms with Gasteiger partial charge in [-0.3, -0.25) is 0 Å². The molecule has 1 aromatic heterocycles. The van der Waals surface area contributed by atoms with Crippen molar-refractivity contribution in [1.82, 2.24) is 10.5 Å². The lowest BCUT2D eigenvalue weighted by Crippen LogP contribution is -2.17. The van der Waals surface area contributed by atoms with E-state index in [2.05, 4.69) is 17.4 Å². The smallest absolute Gasteiger partial charge is 0.147 e. The lowest BCUT2D eigenvalue weighted by molar-refractivity contribution is 0.357. The zero-order valence-electron chi connectivity index (χ0n) is 8.55. The van der Waals surface area contributed by atoms with Crippen LogP contribution in [0, 0.1) is 0 Å². The van der Waals surface area contributed by atoms with E-state index in [-0.39, 0.29) is 0 Å². The van der Waals surface area contributed by atoms with E-state index in [1.54, 1.807) is 0 Å². The number of hydrogen-bond acceptors (Lipinski definition) is 3. The lowest BCUT2D eigenvalue weighted by Gasteiger charge is -2.06. The quantitative estimate of drug-likeness (QED) is 0.792. The Morgan fingerprint density at radius 1 is 1.57 bits per heavy atom. The number of nitrogens with zero attached hydrogens (tertiary/aromatic N) is 1. The van der Waals surface area contributed by atoms with Crippen molar-refractivity contribution in [2.24, 2.45) is 0 Å². The van der Waals surface area contributed by atoms with Gasteiger partial charge >= 0.3 is 0 Å². The van der Waals surface area contributed by atoms with Crippen molar-refractivity contribution in [3.63, 3.8) is 0 Å². The molecule has 0 spiro atoms. The molecule has 2 aliphatic carbocycles. The fraction of sp³-hybridized carbons (Fsp3) is 0.727. The second-order valence-corrected chi connectivity index (χ2v) is 4.90. The summed E-state index contributed by atoms with van der Waals surface area (Å²) in [6, 6.07) is 0.754. The molecule has 0 aromatic carbocycles. The van der Waals surface area contributed by atoms with Gasteiger partial charge in [-0.05, 0) is 25.7 Å². The maximum absolute atomic E-state index is 5.35. The van der Waals surface area contributed by atoms with Crippen LogP contribution in [0.2, 0.25) is 0 Å². The molecule has 3 heteroatoms. The Morgan fingerprint density at radius 2 is 2.36 bits per heavy atom. The van der Waals surface area contributed by atoms with Crippen molar-refractivity contribution in [1.29, 1.82) is 0 Å². The molecule has 1 heterocycles. The average Bonchev–Trinajstić information content (AvgIpc) is 3.08. The normalized spacial score (nSPS) is 23.8. The van der Waals surface area contributed by atoms with E-state index >= 15 is 0 Å². The van der Waals surface area contributed by atoms with Crippen LogP contribution in [-0.2, 0) is 12.0 Å². The van der Waals surface area contributed by atoms with Gasteiger partial charge in [0.1, 0.15) is 5.76 Å². The lowest BCUT2D eigenvalue weighted by atomic mass is 10.0. The Hall–Kier alpha value is -0.830. The van der Waals surface area contributed by atoms with Crippen LogP contribution in [0.5, 0.6) is 0 Å². The number of aromatic nitrogens is 1. The largest absolute Gasteiger partial charge is 0.360 e. The predicted molar refractivity (Wildman–Crippen MR) is 53.0 cm³/mol. The Labute approximate surface area is 83.9 Å². The molecule has 1 aromatic rings. The van der Waals surface area contributed by atoms with E-state index in [1.807, 2.05) is 6.20 Å². The van der Waals surface area contributed by atoms with Gasteiger partial charge < -0.3 is 9.84 Å². The van der Waals surface area contributed by atoms with Gasteiger partial charge in [0.25, 0.3) is 0 Å². The number of hydrogen-bond donors (Lipinski definition) is 1. The summed E-state index contributed by atoms with van der Waals surface area (Å²) in [4.78, 5) is 0. The maximum Gasteiger partial charge on any atom is 0.147 e. The highest BCUT2D eigenvalue weighted by Gasteiger charge is 2.44. The Kier molecular flexibility index (Phi) is 1.71. The van der Waals surface area contributed by atoms with Crippen molar-refractivity contribution in [2.75, 3.05) is 0 Å². The second-order valence-electron chi connectivity index (χ2n) is 4.90. The minimum atomic E-state index is 0.303. The van der Waals surface area contributed by atoms with Crippen molar-refractivity contribution >= 4 is 0 Å². The molecule has 2 saturated carbocycles.